The van der Waals surface area contributed by atoms with Gasteiger partial charge in [-0.1, -0.05) is 17.3 Å². The van der Waals surface area contributed by atoms with E-state index < -0.39 is 0 Å². The Hall–Kier alpha value is -2.75. The molecule has 1 heterocycles. The van der Waals surface area contributed by atoms with E-state index in [2.05, 4.69) is 5.16 Å². The van der Waals surface area contributed by atoms with E-state index in [1.807, 2.05) is 30.3 Å². The summed E-state index contributed by atoms with van der Waals surface area (Å²) < 4.78 is 10.4. The zero-order valence-electron chi connectivity index (χ0n) is 10.9. The van der Waals surface area contributed by atoms with Crippen molar-refractivity contribution in [3.05, 3.63) is 54.6 Å². The molecule has 0 spiro atoms. The van der Waals surface area contributed by atoms with Crippen LogP contribution in [0.3, 0.4) is 0 Å². The molecule has 0 aliphatic carbocycles. The summed E-state index contributed by atoms with van der Waals surface area (Å²) in [4.78, 5) is 0. The Morgan fingerprint density at radius 2 is 1.80 bits per heavy atom. The number of rotatable bonds is 3. The molecule has 1 N–H and O–H groups in total. The molecular formula is C16H13NO3. The maximum atomic E-state index is 9.81. The summed E-state index contributed by atoms with van der Waals surface area (Å²) in [5, 5.41) is 13.8. The zero-order valence-corrected chi connectivity index (χ0v) is 10.9. The van der Waals surface area contributed by atoms with Gasteiger partial charge in [0.1, 0.15) is 17.2 Å². The summed E-state index contributed by atoms with van der Waals surface area (Å²) in [6.07, 6.45) is 0. The van der Waals surface area contributed by atoms with Crippen LogP contribution in [0.2, 0.25) is 0 Å². The van der Waals surface area contributed by atoms with Gasteiger partial charge in [0.2, 0.25) is 0 Å². The number of methoxy groups -OCH3 is 1. The summed E-state index contributed by atoms with van der Waals surface area (Å²) in [5.74, 6) is 1.61. The van der Waals surface area contributed by atoms with Crippen LogP contribution in [0, 0.1) is 0 Å². The molecule has 0 aliphatic rings. The minimum Gasteiger partial charge on any atom is -0.507 e. The molecule has 2 aromatic carbocycles. The molecule has 0 aliphatic heterocycles. The molecule has 0 unspecified atom stereocenters. The van der Waals surface area contributed by atoms with E-state index in [1.54, 1.807) is 31.4 Å². The van der Waals surface area contributed by atoms with E-state index in [9.17, 15) is 5.11 Å². The molecule has 0 fully saturated rings. The Bertz CT molecular complexity index is 717. The highest BCUT2D eigenvalue weighted by atomic mass is 16.5. The average molecular weight is 267 g/mol. The van der Waals surface area contributed by atoms with Crippen LogP contribution in [0.4, 0.5) is 0 Å². The van der Waals surface area contributed by atoms with Crippen molar-refractivity contribution >= 4 is 0 Å². The van der Waals surface area contributed by atoms with Crippen molar-refractivity contribution in [3.8, 4) is 34.1 Å². The highest BCUT2D eigenvalue weighted by Gasteiger charge is 2.11. The van der Waals surface area contributed by atoms with Crippen LogP contribution in [-0.2, 0) is 0 Å². The maximum Gasteiger partial charge on any atom is 0.167 e. The van der Waals surface area contributed by atoms with Crippen molar-refractivity contribution < 1.29 is 14.4 Å². The number of hydrogen-bond acceptors (Lipinski definition) is 4. The molecule has 0 saturated heterocycles. The summed E-state index contributed by atoms with van der Waals surface area (Å²) in [5.41, 5.74) is 2.16. The molecule has 3 aromatic rings. The summed E-state index contributed by atoms with van der Waals surface area (Å²) in [6.45, 7) is 0. The van der Waals surface area contributed by atoms with Crippen molar-refractivity contribution in [2.24, 2.45) is 0 Å². The summed E-state index contributed by atoms with van der Waals surface area (Å²) >= 11 is 0. The van der Waals surface area contributed by atoms with Gasteiger partial charge in [0.25, 0.3) is 0 Å². The quantitative estimate of drug-likeness (QED) is 0.785. The zero-order chi connectivity index (χ0) is 13.9. The van der Waals surface area contributed by atoms with Gasteiger partial charge in [-0.05, 0) is 36.4 Å². The van der Waals surface area contributed by atoms with Crippen molar-refractivity contribution in [3.63, 3.8) is 0 Å². The molecule has 4 nitrogen and oxygen atoms in total. The number of hydrogen-bond donors (Lipinski definition) is 1. The third-order valence-electron chi connectivity index (χ3n) is 3.06. The van der Waals surface area contributed by atoms with Crippen molar-refractivity contribution in [2.75, 3.05) is 7.11 Å². The fourth-order valence-electron chi connectivity index (χ4n) is 1.98. The lowest BCUT2D eigenvalue weighted by molar-refractivity contribution is 0.414. The first-order valence-electron chi connectivity index (χ1n) is 6.17. The number of para-hydroxylation sites is 1. The number of ether oxygens (including phenoxy) is 1. The molecule has 0 saturated carbocycles. The van der Waals surface area contributed by atoms with Gasteiger partial charge < -0.3 is 14.4 Å². The van der Waals surface area contributed by atoms with Gasteiger partial charge in [-0.2, -0.15) is 0 Å². The minimum absolute atomic E-state index is 0.182. The molecular weight excluding hydrogens is 254 g/mol. The van der Waals surface area contributed by atoms with Crippen LogP contribution in [-0.4, -0.2) is 17.4 Å². The third kappa shape index (κ3) is 2.23. The first-order valence-corrected chi connectivity index (χ1v) is 6.17. The molecule has 100 valence electrons. The fraction of sp³-hybridized carbons (Fsp3) is 0.0625. The molecule has 0 amide bonds. The molecule has 3 rings (SSSR count). The van der Waals surface area contributed by atoms with E-state index in [1.165, 1.54) is 0 Å². The summed E-state index contributed by atoms with van der Waals surface area (Å²) in [6, 6.07) is 16.3. The molecule has 20 heavy (non-hydrogen) atoms. The SMILES string of the molecule is COc1ccc(-c2cc(-c3ccccc3O)no2)cc1. The molecule has 1 aromatic heterocycles. The van der Waals surface area contributed by atoms with Crippen LogP contribution in [0.1, 0.15) is 0 Å². The number of phenols is 1. The Morgan fingerprint density at radius 1 is 1.05 bits per heavy atom. The Kier molecular flexibility index (Phi) is 3.13. The number of phenolic OH excluding ortho intramolecular Hbond substituents is 1. The van der Waals surface area contributed by atoms with Gasteiger partial charge in [-0.25, -0.2) is 0 Å². The minimum atomic E-state index is 0.182. The fourth-order valence-corrected chi connectivity index (χ4v) is 1.98. The second-order valence-electron chi connectivity index (χ2n) is 4.32. The first-order chi connectivity index (χ1) is 9.78. The number of benzene rings is 2. The van der Waals surface area contributed by atoms with Crippen LogP contribution >= 0.6 is 0 Å². The Morgan fingerprint density at radius 3 is 2.50 bits per heavy atom. The highest BCUT2D eigenvalue weighted by Crippen LogP contribution is 2.31. The van der Waals surface area contributed by atoms with E-state index >= 15 is 0 Å². The lowest BCUT2D eigenvalue weighted by Crippen LogP contribution is -1.81. The number of aromatic hydroxyl groups is 1. The lowest BCUT2D eigenvalue weighted by atomic mass is 10.1. The second-order valence-corrected chi connectivity index (χ2v) is 4.32. The first kappa shape index (κ1) is 12.3. The van der Waals surface area contributed by atoms with Crippen molar-refractivity contribution in [2.45, 2.75) is 0 Å². The Balaban J connectivity index is 1.95. The summed E-state index contributed by atoms with van der Waals surface area (Å²) in [7, 11) is 1.62. The Labute approximate surface area is 116 Å². The topological polar surface area (TPSA) is 55.5 Å². The molecule has 0 atom stereocenters. The normalized spacial score (nSPS) is 10.4. The lowest BCUT2D eigenvalue weighted by Gasteiger charge is -1.99. The maximum absolute atomic E-state index is 9.81. The van der Waals surface area contributed by atoms with Crippen LogP contribution in [0.25, 0.3) is 22.6 Å². The van der Waals surface area contributed by atoms with Crippen LogP contribution in [0.15, 0.2) is 59.1 Å². The van der Waals surface area contributed by atoms with E-state index in [0.717, 1.165) is 11.3 Å². The average Bonchev–Trinajstić information content (AvgIpc) is 2.97. The molecule has 0 radical (unpaired) electrons. The molecule has 4 heteroatoms. The second kappa shape index (κ2) is 5.09. The van der Waals surface area contributed by atoms with Crippen molar-refractivity contribution in [1.82, 2.24) is 5.16 Å². The number of aromatic nitrogens is 1. The number of nitrogens with zero attached hydrogens (tertiary/aromatic N) is 1. The third-order valence-corrected chi connectivity index (χ3v) is 3.06. The highest BCUT2D eigenvalue weighted by molar-refractivity contribution is 5.71. The monoisotopic (exact) mass is 267 g/mol. The van der Waals surface area contributed by atoms with E-state index in [4.69, 9.17) is 9.26 Å². The van der Waals surface area contributed by atoms with Gasteiger partial charge in [0.15, 0.2) is 5.76 Å². The van der Waals surface area contributed by atoms with Gasteiger partial charge in [-0.3, -0.25) is 0 Å². The van der Waals surface area contributed by atoms with E-state index in [0.29, 0.717) is 17.0 Å². The largest absolute Gasteiger partial charge is 0.507 e. The van der Waals surface area contributed by atoms with Gasteiger partial charge >= 0.3 is 0 Å². The van der Waals surface area contributed by atoms with Crippen LogP contribution < -0.4 is 4.74 Å². The smallest absolute Gasteiger partial charge is 0.167 e. The molecule has 0 bridgehead atoms. The van der Waals surface area contributed by atoms with E-state index in [-0.39, 0.29) is 5.75 Å². The van der Waals surface area contributed by atoms with Crippen LogP contribution in [0.5, 0.6) is 11.5 Å². The van der Waals surface area contributed by atoms with Crippen molar-refractivity contribution in [1.29, 1.82) is 0 Å². The standard InChI is InChI=1S/C16H13NO3/c1-19-12-8-6-11(7-9-12)16-10-14(17-20-16)13-4-2-3-5-15(13)18/h2-10,18H,1H3. The predicted octanol–water partition coefficient (Wildman–Crippen LogP) is 3.72. The van der Waals surface area contributed by atoms with Gasteiger partial charge in [0, 0.05) is 17.2 Å². The predicted molar refractivity (Wildman–Crippen MR) is 75.6 cm³/mol. The van der Waals surface area contributed by atoms with Gasteiger partial charge in [-0.15, -0.1) is 0 Å². The van der Waals surface area contributed by atoms with Gasteiger partial charge in [0.05, 0.1) is 7.11 Å².